The van der Waals surface area contributed by atoms with Gasteiger partial charge >= 0.3 is 0 Å². The third kappa shape index (κ3) is 2.55. The van der Waals surface area contributed by atoms with Gasteiger partial charge in [-0.3, -0.25) is 0 Å². The normalized spacial score (nSPS) is 13.3. The first-order valence-corrected chi connectivity index (χ1v) is 5.47. The van der Waals surface area contributed by atoms with E-state index in [0.717, 1.165) is 5.56 Å². The molecule has 1 nitrogen and oxygen atoms in total. The molecule has 78 valence electrons. The Kier molecular flexibility index (Phi) is 4.08. The van der Waals surface area contributed by atoms with E-state index >= 15 is 0 Å². The fourth-order valence-electron chi connectivity index (χ4n) is 1.59. The van der Waals surface area contributed by atoms with Crippen molar-refractivity contribution in [2.45, 2.75) is 19.9 Å². The summed E-state index contributed by atoms with van der Waals surface area (Å²) in [6, 6.07) is 5.41. The van der Waals surface area contributed by atoms with E-state index in [2.05, 4.69) is 35.1 Å². The van der Waals surface area contributed by atoms with Gasteiger partial charge in [0, 0.05) is 6.04 Å². The number of nitrogens with one attached hydrogen (secondary N) is 1. The van der Waals surface area contributed by atoms with Gasteiger partial charge in [-0.25, -0.2) is 4.39 Å². The van der Waals surface area contributed by atoms with Crippen molar-refractivity contribution in [1.82, 2.24) is 5.32 Å². The lowest BCUT2D eigenvalue weighted by Crippen LogP contribution is -2.21. The van der Waals surface area contributed by atoms with E-state index in [4.69, 9.17) is 0 Å². The van der Waals surface area contributed by atoms with Gasteiger partial charge in [0.25, 0.3) is 0 Å². The lowest BCUT2D eigenvalue weighted by Gasteiger charge is -2.20. The Bertz CT molecular complexity index is 312. The first-order valence-electron chi connectivity index (χ1n) is 4.68. The second kappa shape index (κ2) is 4.89. The summed E-state index contributed by atoms with van der Waals surface area (Å²) in [6.45, 7) is 4.27. The molecule has 0 aromatic heterocycles. The Morgan fingerprint density at radius 2 is 2.00 bits per heavy atom. The highest BCUT2D eigenvalue weighted by Gasteiger charge is 2.14. The Morgan fingerprint density at radius 3 is 2.43 bits per heavy atom. The minimum atomic E-state index is -0.215. The van der Waals surface area contributed by atoms with Crippen LogP contribution in [0.2, 0.25) is 0 Å². The lowest BCUT2D eigenvalue weighted by molar-refractivity contribution is 0.442. The molecule has 0 spiro atoms. The van der Waals surface area contributed by atoms with E-state index in [9.17, 15) is 4.39 Å². The topological polar surface area (TPSA) is 12.0 Å². The highest BCUT2D eigenvalue weighted by atomic mass is 79.9. The van der Waals surface area contributed by atoms with Gasteiger partial charge in [-0.05, 0) is 46.6 Å². The van der Waals surface area contributed by atoms with Gasteiger partial charge in [0.15, 0.2) is 0 Å². The molecule has 0 aliphatic carbocycles. The summed E-state index contributed by atoms with van der Waals surface area (Å²) in [6.07, 6.45) is 0. The largest absolute Gasteiger partial charge is 0.313 e. The zero-order chi connectivity index (χ0) is 10.7. The van der Waals surface area contributed by atoms with Crippen LogP contribution < -0.4 is 5.32 Å². The van der Waals surface area contributed by atoms with Crippen LogP contribution in [0, 0.1) is 11.7 Å². The number of halogens is 2. The van der Waals surface area contributed by atoms with Gasteiger partial charge in [-0.1, -0.05) is 19.9 Å². The molecule has 3 heteroatoms. The van der Waals surface area contributed by atoms with Crippen LogP contribution in [0.4, 0.5) is 4.39 Å². The Balaban J connectivity index is 3.00. The number of rotatable bonds is 3. The third-order valence-corrected chi connectivity index (χ3v) is 2.89. The first kappa shape index (κ1) is 11.7. The second-order valence-corrected chi connectivity index (χ2v) is 4.54. The molecule has 14 heavy (non-hydrogen) atoms. The summed E-state index contributed by atoms with van der Waals surface area (Å²) in [5, 5.41) is 3.22. The van der Waals surface area contributed by atoms with Gasteiger partial charge < -0.3 is 5.32 Å². The molecule has 0 saturated heterocycles. The minimum Gasteiger partial charge on any atom is -0.313 e. The zero-order valence-corrected chi connectivity index (χ0v) is 10.2. The maximum absolute atomic E-state index is 13.0. The summed E-state index contributed by atoms with van der Waals surface area (Å²) < 4.78 is 13.5. The maximum atomic E-state index is 13.0. The first-order chi connectivity index (χ1) is 6.56. The van der Waals surface area contributed by atoms with Crippen molar-refractivity contribution in [3.63, 3.8) is 0 Å². The average molecular weight is 260 g/mol. The van der Waals surface area contributed by atoms with Gasteiger partial charge in [0.1, 0.15) is 5.82 Å². The van der Waals surface area contributed by atoms with Crippen molar-refractivity contribution in [2.75, 3.05) is 7.05 Å². The summed E-state index contributed by atoms with van der Waals surface area (Å²) in [7, 11) is 1.92. The average Bonchev–Trinajstić information content (AvgIpc) is 2.11. The molecule has 0 saturated carbocycles. The molecule has 1 rings (SSSR count). The fourth-order valence-corrected chi connectivity index (χ4v) is 1.99. The smallest absolute Gasteiger partial charge is 0.137 e. The highest BCUT2D eigenvalue weighted by Crippen LogP contribution is 2.25. The van der Waals surface area contributed by atoms with Crippen LogP contribution in [-0.2, 0) is 0 Å². The number of hydrogen-bond donors (Lipinski definition) is 1. The molecule has 1 atom stereocenters. The monoisotopic (exact) mass is 259 g/mol. The minimum absolute atomic E-state index is 0.215. The quantitative estimate of drug-likeness (QED) is 0.877. The van der Waals surface area contributed by atoms with Crippen molar-refractivity contribution in [3.05, 3.63) is 34.1 Å². The van der Waals surface area contributed by atoms with Crippen LogP contribution in [0.15, 0.2) is 22.7 Å². The van der Waals surface area contributed by atoms with Crippen LogP contribution in [0.5, 0.6) is 0 Å². The molecule has 0 bridgehead atoms. The van der Waals surface area contributed by atoms with Crippen LogP contribution in [0.1, 0.15) is 25.5 Å². The Hall–Kier alpha value is -0.410. The van der Waals surface area contributed by atoms with Crippen LogP contribution in [0.25, 0.3) is 0 Å². The summed E-state index contributed by atoms with van der Waals surface area (Å²) in [5.74, 6) is 0.268. The molecule has 0 aliphatic rings. The van der Waals surface area contributed by atoms with Crippen molar-refractivity contribution in [3.8, 4) is 0 Å². The molecule has 1 aromatic rings. The molecular formula is C11H15BrFN. The molecular weight excluding hydrogens is 245 g/mol. The van der Waals surface area contributed by atoms with Gasteiger partial charge in [0.2, 0.25) is 0 Å². The maximum Gasteiger partial charge on any atom is 0.137 e. The molecule has 0 radical (unpaired) electrons. The molecule has 0 heterocycles. The summed E-state index contributed by atoms with van der Waals surface area (Å²) >= 11 is 3.19. The van der Waals surface area contributed by atoms with E-state index in [1.54, 1.807) is 0 Å². The Labute approximate surface area is 92.8 Å². The molecule has 1 aromatic carbocycles. The molecule has 0 aliphatic heterocycles. The highest BCUT2D eigenvalue weighted by molar-refractivity contribution is 9.10. The van der Waals surface area contributed by atoms with Crippen LogP contribution in [-0.4, -0.2) is 7.05 Å². The van der Waals surface area contributed by atoms with Crippen LogP contribution >= 0.6 is 15.9 Å². The predicted molar refractivity (Wildman–Crippen MR) is 60.7 cm³/mol. The molecule has 1 unspecified atom stereocenters. The third-order valence-electron chi connectivity index (χ3n) is 2.28. The summed E-state index contributed by atoms with van der Waals surface area (Å²) in [5.41, 5.74) is 1.11. The van der Waals surface area contributed by atoms with E-state index < -0.39 is 0 Å². The second-order valence-electron chi connectivity index (χ2n) is 3.68. The van der Waals surface area contributed by atoms with Crippen LogP contribution in [0.3, 0.4) is 0 Å². The summed E-state index contributed by atoms with van der Waals surface area (Å²) in [4.78, 5) is 0. The fraction of sp³-hybridized carbons (Fsp3) is 0.455. The zero-order valence-electron chi connectivity index (χ0n) is 8.64. The van der Waals surface area contributed by atoms with Gasteiger partial charge in [-0.15, -0.1) is 0 Å². The van der Waals surface area contributed by atoms with Crippen molar-refractivity contribution >= 4 is 15.9 Å². The molecule has 1 N–H and O–H groups in total. The van der Waals surface area contributed by atoms with Crippen molar-refractivity contribution < 1.29 is 4.39 Å². The van der Waals surface area contributed by atoms with Gasteiger partial charge in [-0.2, -0.15) is 0 Å². The van der Waals surface area contributed by atoms with E-state index in [1.807, 2.05) is 19.2 Å². The van der Waals surface area contributed by atoms with Crippen molar-refractivity contribution in [1.29, 1.82) is 0 Å². The molecule has 0 amide bonds. The van der Waals surface area contributed by atoms with E-state index in [-0.39, 0.29) is 11.9 Å². The van der Waals surface area contributed by atoms with Gasteiger partial charge in [0.05, 0.1) is 4.47 Å². The lowest BCUT2D eigenvalue weighted by atomic mass is 9.96. The standard InChI is InChI=1S/C11H15BrFN/c1-7(2)11(14-3)8-4-5-10(13)9(12)6-8/h4-7,11,14H,1-3H3. The number of benzene rings is 1. The number of hydrogen-bond acceptors (Lipinski definition) is 1. The van der Waals surface area contributed by atoms with E-state index in [1.165, 1.54) is 6.07 Å². The van der Waals surface area contributed by atoms with E-state index in [0.29, 0.717) is 10.4 Å². The van der Waals surface area contributed by atoms with Crippen molar-refractivity contribution in [2.24, 2.45) is 5.92 Å². The predicted octanol–water partition coefficient (Wildman–Crippen LogP) is 3.50. The molecule has 0 fully saturated rings. The SMILES string of the molecule is CNC(c1ccc(F)c(Br)c1)C(C)C. The Morgan fingerprint density at radius 1 is 1.36 bits per heavy atom.